The first kappa shape index (κ1) is 14.8. The fourth-order valence-electron chi connectivity index (χ4n) is 1.11. The van der Waals surface area contributed by atoms with E-state index in [9.17, 15) is 13.6 Å². The molecule has 0 heterocycles. The van der Waals surface area contributed by atoms with Gasteiger partial charge in [0.2, 0.25) is 0 Å². The third-order valence-electron chi connectivity index (χ3n) is 2.00. The summed E-state index contributed by atoms with van der Waals surface area (Å²) in [5.41, 5.74) is 4.81. The Hall–Kier alpha value is -1.20. The standard InChI is InChI=1S/C10H11F2NO2.ClH/c1-15-9(14)8(13)10(11,12)7-5-3-2-4-6-7;/h2-6,8H,13H2,1H3;1H. The van der Waals surface area contributed by atoms with Crippen molar-refractivity contribution in [2.45, 2.75) is 12.0 Å². The van der Waals surface area contributed by atoms with Crippen molar-refractivity contribution in [3.05, 3.63) is 35.9 Å². The maximum absolute atomic E-state index is 13.6. The van der Waals surface area contributed by atoms with Crippen molar-refractivity contribution in [3.8, 4) is 0 Å². The molecule has 1 rings (SSSR count). The van der Waals surface area contributed by atoms with Crippen LogP contribution in [0.1, 0.15) is 5.56 Å². The van der Waals surface area contributed by atoms with Crippen LogP contribution >= 0.6 is 12.4 Å². The number of alkyl halides is 2. The zero-order chi connectivity index (χ0) is 11.5. The fourth-order valence-corrected chi connectivity index (χ4v) is 1.11. The Morgan fingerprint density at radius 3 is 2.31 bits per heavy atom. The number of carbonyl (C=O) groups is 1. The summed E-state index contributed by atoms with van der Waals surface area (Å²) in [6.45, 7) is 0. The molecule has 0 aliphatic rings. The highest BCUT2D eigenvalue weighted by Gasteiger charge is 2.44. The van der Waals surface area contributed by atoms with Gasteiger partial charge in [0, 0.05) is 5.56 Å². The van der Waals surface area contributed by atoms with E-state index in [0.717, 1.165) is 7.11 Å². The summed E-state index contributed by atoms with van der Waals surface area (Å²) >= 11 is 0. The molecule has 1 aromatic carbocycles. The van der Waals surface area contributed by atoms with Crippen LogP contribution in [0.5, 0.6) is 0 Å². The number of ether oxygens (including phenoxy) is 1. The minimum atomic E-state index is -3.42. The maximum Gasteiger partial charge on any atom is 0.329 e. The van der Waals surface area contributed by atoms with Crippen molar-refractivity contribution in [2.75, 3.05) is 7.11 Å². The molecule has 0 amide bonds. The van der Waals surface area contributed by atoms with Crippen LogP contribution in [0.2, 0.25) is 0 Å². The topological polar surface area (TPSA) is 52.3 Å². The van der Waals surface area contributed by atoms with Gasteiger partial charge >= 0.3 is 5.97 Å². The van der Waals surface area contributed by atoms with E-state index < -0.39 is 17.9 Å². The molecule has 1 atom stereocenters. The van der Waals surface area contributed by atoms with Crippen molar-refractivity contribution in [1.82, 2.24) is 0 Å². The van der Waals surface area contributed by atoms with Gasteiger partial charge in [-0.15, -0.1) is 12.4 Å². The molecule has 0 radical (unpaired) electrons. The average Bonchev–Trinajstić information content (AvgIpc) is 2.28. The lowest BCUT2D eigenvalue weighted by Gasteiger charge is -2.21. The van der Waals surface area contributed by atoms with E-state index in [1.165, 1.54) is 24.3 Å². The normalized spacial score (nSPS) is 12.5. The van der Waals surface area contributed by atoms with Gasteiger partial charge in [-0.3, -0.25) is 4.79 Å². The molecule has 1 unspecified atom stereocenters. The molecule has 0 aliphatic carbocycles. The summed E-state index contributed by atoms with van der Waals surface area (Å²) in [6, 6.07) is 4.94. The number of halogens is 3. The van der Waals surface area contributed by atoms with Crippen LogP contribution in [0, 0.1) is 0 Å². The van der Waals surface area contributed by atoms with Crippen LogP contribution in [-0.2, 0) is 15.5 Å². The second-order valence-corrected chi connectivity index (χ2v) is 2.99. The van der Waals surface area contributed by atoms with E-state index in [2.05, 4.69) is 4.74 Å². The highest BCUT2D eigenvalue weighted by molar-refractivity contribution is 5.85. The first-order valence-electron chi connectivity index (χ1n) is 4.27. The number of hydrogen-bond acceptors (Lipinski definition) is 3. The summed E-state index contributed by atoms with van der Waals surface area (Å²) in [6.07, 6.45) is 0. The number of hydrogen-bond donors (Lipinski definition) is 1. The van der Waals surface area contributed by atoms with Crippen molar-refractivity contribution in [3.63, 3.8) is 0 Å². The van der Waals surface area contributed by atoms with Crippen LogP contribution in [0.4, 0.5) is 8.78 Å². The van der Waals surface area contributed by atoms with E-state index in [-0.39, 0.29) is 18.0 Å². The molecule has 0 saturated heterocycles. The van der Waals surface area contributed by atoms with Crippen molar-refractivity contribution >= 4 is 18.4 Å². The van der Waals surface area contributed by atoms with Crippen LogP contribution in [0.15, 0.2) is 30.3 Å². The van der Waals surface area contributed by atoms with Gasteiger partial charge in [0.05, 0.1) is 7.11 Å². The van der Waals surface area contributed by atoms with Gasteiger partial charge in [0.25, 0.3) is 5.92 Å². The van der Waals surface area contributed by atoms with Gasteiger partial charge in [-0.25, -0.2) is 0 Å². The lowest BCUT2D eigenvalue weighted by atomic mass is 10.0. The quantitative estimate of drug-likeness (QED) is 0.832. The Morgan fingerprint density at radius 1 is 1.38 bits per heavy atom. The predicted octanol–water partition coefficient (Wildman–Crippen LogP) is 1.70. The Bertz CT molecular complexity index is 346. The highest BCUT2D eigenvalue weighted by atomic mass is 35.5. The van der Waals surface area contributed by atoms with Gasteiger partial charge in [0.15, 0.2) is 6.04 Å². The number of rotatable bonds is 3. The third kappa shape index (κ3) is 2.90. The molecule has 90 valence electrons. The SMILES string of the molecule is COC(=O)C(N)C(F)(F)c1ccccc1.Cl. The number of carbonyl (C=O) groups excluding carboxylic acids is 1. The van der Waals surface area contributed by atoms with Crippen molar-refractivity contribution in [2.24, 2.45) is 5.73 Å². The van der Waals surface area contributed by atoms with Crippen LogP contribution in [0.3, 0.4) is 0 Å². The van der Waals surface area contributed by atoms with E-state index in [4.69, 9.17) is 5.73 Å². The third-order valence-corrected chi connectivity index (χ3v) is 2.00. The summed E-state index contributed by atoms with van der Waals surface area (Å²) < 4.78 is 31.3. The predicted molar refractivity (Wildman–Crippen MR) is 57.6 cm³/mol. The highest BCUT2D eigenvalue weighted by Crippen LogP contribution is 2.30. The van der Waals surface area contributed by atoms with Crippen LogP contribution in [-0.4, -0.2) is 19.1 Å². The Kier molecular flexibility index (Phi) is 5.33. The Labute approximate surface area is 98.0 Å². The zero-order valence-corrected chi connectivity index (χ0v) is 9.34. The average molecular weight is 252 g/mol. The molecule has 0 bridgehead atoms. The van der Waals surface area contributed by atoms with Gasteiger partial charge in [-0.1, -0.05) is 30.3 Å². The maximum atomic E-state index is 13.6. The van der Waals surface area contributed by atoms with Gasteiger partial charge in [-0.05, 0) is 0 Å². The molecule has 1 aromatic rings. The summed E-state index contributed by atoms with van der Waals surface area (Å²) in [4.78, 5) is 10.9. The van der Waals surface area contributed by atoms with Gasteiger partial charge in [-0.2, -0.15) is 8.78 Å². The van der Waals surface area contributed by atoms with Gasteiger partial charge < -0.3 is 10.5 Å². The number of benzene rings is 1. The lowest BCUT2D eigenvalue weighted by Crippen LogP contribution is -2.45. The fraction of sp³-hybridized carbons (Fsp3) is 0.300. The Morgan fingerprint density at radius 2 is 1.88 bits per heavy atom. The van der Waals surface area contributed by atoms with Crippen molar-refractivity contribution < 1.29 is 18.3 Å². The van der Waals surface area contributed by atoms with E-state index >= 15 is 0 Å². The minimum Gasteiger partial charge on any atom is -0.468 e. The number of nitrogens with two attached hydrogens (primary N) is 1. The van der Waals surface area contributed by atoms with Crippen LogP contribution in [0.25, 0.3) is 0 Å². The molecule has 0 saturated carbocycles. The van der Waals surface area contributed by atoms with E-state index in [1.807, 2.05) is 0 Å². The summed E-state index contributed by atoms with van der Waals surface area (Å²) in [5, 5.41) is 0. The second-order valence-electron chi connectivity index (χ2n) is 2.99. The van der Waals surface area contributed by atoms with Crippen LogP contribution < -0.4 is 5.73 Å². The zero-order valence-electron chi connectivity index (χ0n) is 8.52. The molecule has 0 aromatic heterocycles. The smallest absolute Gasteiger partial charge is 0.329 e. The molecule has 6 heteroatoms. The number of methoxy groups -OCH3 is 1. The molecular weight excluding hydrogens is 240 g/mol. The number of esters is 1. The summed E-state index contributed by atoms with van der Waals surface area (Å²) in [5.74, 6) is -4.56. The second kappa shape index (κ2) is 5.77. The molecule has 3 nitrogen and oxygen atoms in total. The van der Waals surface area contributed by atoms with E-state index in [0.29, 0.717) is 0 Å². The van der Waals surface area contributed by atoms with Gasteiger partial charge in [0.1, 0.15) is 0 Å². The molecule has 0 aliphatic heterocycles. The first-order valence-corrected chi connectivity index (χ1v) is 4.27. The molecular formula is C10H12ClF2NO2. The molecule has 0 spiro atoms. The lowest BCUT2D eigenvalue weighted by molar-refractivity contribution is -0.153. The monoisotopic (exact) mass is 251 g/mol. The summed E-state index contributed by atoms with van der Waals surface area (Å²) in [7, 11) is 1.02. The molecule has 0 fully saturated rings. The Balaban J connectivity index is 0.00000225. The first-order chi connectivity index (χ1) is 7.00. The van der Waals surface area contributed by atoms with E-state index in [1.54, 1.807) is 6.07 Å². The minimum absolute atomic E-state index is 0. The molecule has 2 N–H and O–H groups in total. The molecule has 16 heavy (non-hydrogen) atoms. The van der Waals surface area contributed by atoms with Crippen molar-refractivity contribution in [1.29, 1.82) is 0 Å². The largest absolute Gasteiger partial charge is 0.468 e.